The Kier molecular flexibility index (Phi) is 7.13. The van der Waals surface area contributed by atoms with Gasteiger partial charge in [-0.05, 0) is 63.1 Å². The molecule has 0 radical (unpaired) electrons. The monoisotopic (exact) mass is 367 g/mol. The van der Waals surface area contributed by atoms with Crippen molar-refractivity contribution < 1.29 is 9.59 Å². The summed E-state index contributed by atoms with van der Waals surface area (Å²) < 4.78 is 0. The average Bonchev–Trinajstić information content (AvgIpc) is 2.57. The van der Waals surface area contributed by atoms with E-state index in [2.05, 4.69) is 17.6 Å². The van der Waals surface area contributed by atoms with Gasteiger partial charge in [0.15, 0.2) is 0 Å². The molecule has 2 N–H and O–H groups in total. The predicted octanol–water partition coefficient (Wildman–Crippen LogP) is 3.68. The van der Waals surface area contributed by atoms with Crippen LogP contribution in [0.15, 0.2) is 36.4 Å². The number of carbonyl (C=O) groups excluding carboxylic acids is 2. The zero-order chi connectivity index (χ0) is 20.0. The molecule has 2 amide bonds. The van der Waals surface area contributed by atoms with E-state index in [4.69, 9.17) is 0 Å². The molecule has 0 bridgehead atoms. The molecular weight excluding hydrogens is 338 g/mol. The zero-order valence-corrected chi connectivity index (χ0v) is 16.8. The summed E-state index contributed by atoms with van der Waals surface area (Å²) in [6, 6.07) is 11.9. The molecule has 2 aromatic carbocycles. The Labute approximate surface area is 161 Å². The summed E-state index contributed by atoms with van der Waals surface area (Å²) >= 11 is 0. The first-order valence-corrected chi connectivity index (χ1v) is 9.23. The van der Waals surface area contributed by atoms with E-state index in [0.29, 0.717) is 0 Å². The van der Waals surface area contributed by atoms with Gasteiger partial charge >= 0.3 is 0 Å². The Hall–Kier alpha value is -2.66. The molecule has 0 spiro atoms. The standard InChI is InChI=1S/C22H29N3O2/c1-6-18-8-7-9-19(12-18)23-20(26)13-25(5)14-21(27)24-22-16(3)10-15(2)11-17(22)4/h7-12H,6,13-14H2,1-5H3,(H,23,26)(H,24,27). The highest BCUT2D eigenvalue weighted by Gasteiger charge is 2.13. The minimum absolute atomic E-state index is 0.131. The maximum atomic E-state index is 12.4. The maximum absolute atomic E-state index is 12.4. The van der Waals surface area contributed by atoms with E-state index in [9.17, 15) is 9.59 Å². The first-order valence-electron chi connectivity index (χ1n) is 9.23. The van der Waals surface area contributed by atoms with Crippen molar-refractivity contribution in [3.63, 3.8) is 0 Å². The summed E-state index contributed by atoms with van der Waals surface area (Å²) in [6.45, 7) is 8.37. The van der Waals surface area contributed by atoms with Gasteiger partial charge in [0.1, 0.15) is 0 Å². The third-order valence-electron chi connectivity index (χ3n) is 4.39. The Bertz CT molecular complexity index is 807. The molecule has 5 nitrogen and oxygen atoms in total. The molecule has 2 aromatic rings. The van der Waals surface area contributed by atoms with Crippen molar-refractivity contribution in [1.82, 2.24) is 4.90 Å². The van der Waals surface area contributed by atoms with E-state index >= 15 is 0 Å². The molecule has 27 heavy (non-hydrogen) atoms. The summed E-state index contributed by atoms with van der Waals surface area (Å²) in [5, 5.41) is 5.84. The highest BCUT2D eigenvalue weighted by atomic mass is 16.2. The van der Waals surface area contributed by atoms with Gasteiger partial charge < -0.3 is 10.6 Å². The minimum atomic E-state index is -0.138. The van der Waals surface area contributed by atoms with Gasteiger partial charge in [-0.1, -0.05) is 36.8 Å². The largest absolute Gasteiger partial charge is 0.325 e. The highest BCUT2D eigenvalue weighted by molar-refractivity contribution is 5.95. The lowest BCUT2D eigenvalue weighted by Gasteiger charge is -2.18. The second-order valence-electron chi connectivity index (χ2n) is 7.10. The molecule has 0 aliphatic heterocycles. The summed E-state index contributed by atoms with van der Waals surface area (Å²) in [7, 11) is 1.76. The molecule has 0 saturated heterocycles. The van der Waals surface area contributed by atoms with E-state index in [1.807, 2.05) is 57.2 Å². The van der Waals surface area contributed by atoms with E-state index in [1.165, 1.54) is 11.1 Å². The fourth-order valence-electron chi connectivity index (χ4n) is 3.17. The van der Waals surface area contributed by atoms with Crippen LogP contribution in [0.5, 0.6) is 0 Å². The van der Waals surface area contributed by atoms with Gasteiger partial charge in [-0.3, -0.25) is 14.5 Å². The number of benzene rings is 2. The van der Waals surface area contributed by atoms with E-state index in [1.54, 1.807) is 11.9 Å². The van der Waals surface area contributed by atoms with Crippen LogP contribution < -0.4 is 10.6 Å². The van der Waals surface area contributed by atoms with Crippen molar-refractivity contribution in [2.75, 3.05) is 30.8 Å². The number of nitrogens with zero attached hydrogens (tertiary/aromatic N) is 1. The van der Waals surface area contributed by atoms with Crippen molar-refractivity contribution in [2.45, 2.75) is 34.1 Å². The number of aryl methyl sites for hydroxylation is 4. The molecular formula is C22H29N3O2. The summed E-state index contributed by atoms with van der Waals surface area (Å²) in [6.07, 6.45) is 0.918. The lowest BCUT2D eigenvalue weighted by atomic mass is 10.1. The Morgan fingerprint density at radius 3 is 2.11 bits per heavy atom. The number of rotatable bonds is 7. The topological polar surface area (TPSA) is 61.4 Å². The highest BCUT2D eigenvalue weighted by Crippen LogP contribution is 2.21. The van der Waals surface area contributed by atoms with Crippen LogP contribution in [0.25, 0.3) is 0 Å². The van der Waals surface area contributed by atoms with Crippen LogP contribution in [-0.4, -0.2) is 36.9 Å². The Morgan fingerprint density at radius 2 is 1.52 bits per heavy atom. The molecule has 5 heteroatoms. The van der Waals surface area contributed by atoms with Crippen LogP contribution in [-0.2, 0) is 16.0 Å². The van der Waals surface area contributed by atoms with Crippen molar-refractivity contribution in [3.8, 4) is 0 Å². The average molecular weight is 367 g/mol. The van der Waals surface area contributed by atoms with Crippen LogP contribution >= 0.6 is 0 Å². The van der Waals surface area contributed by atoms with E-state index < -0.39 is 0 Å². The summed E-state index contributed by atoms with van der Waals surface area (Å²) in [4.78, 5) is 26.3. The Morgan fingerprint density at radius 1 is 0.926 bits per heavy atom. The molecule has 0 aliphatic carbocycles. The quantitative estimate of drug-likeness (QED) is 0.785. The number of likely N-dealkylation sites (N-methyl/N-ethyl adjacent to an activating group) is 1. The van der Waals surface area contributed by atoms with Gasteiger partial charge in [0.25, 0.3) is 0 Å². The lowest BCUT2D eigenvalue weighted by molar-refractivity contribution is -0.119. The van der Waals surface area contributed by atoms with E-state index in [0.717, 1.165) is 28.9 Å². The first kappa shape index (κ1) is 20.6. The molecule has 144 valence electrons. The van der Waals surface area contributed by atoms with Crippen molar-refractivity contribution in [3.05, 3.63) is 58.7 Å². The maximum Gasteiger partial charge on any atom is 0.238 e. The normalized spacial score (nSPS) is 10.7. The van der Waals surface area contributed by atoms with Crippen LogP contribution in [0.1, 0.15) is 29.2 Å². The van der Waals surface area contributed by atoms with Gasteiger partial charge in [0.05, 0.1) is 13.1 Å². The van der Waals surface area contributed by atoms with Gasteiger partial charge in [-0.2, -0.15) is 0 Å². The fourth-order valence-corrected chi connectivity index (χ4v) is 3.17. The number of amides is 2. The lowest BCUT2D eigenvalue weighted by Crippen LogP contribution is -2.36. The SMILES string of the molecule is CCc1cccc(NC(=O)CN(C)CC(=O)Nc2c(C)cc(C)cc2C)c1. The molecule has 2 rings (SSSR count). The van der Waals surface area contributed by atoms with Crippen molar-refractivity contribution in [1.29, 1.82) is 0 Å². The fraction of sp³-hybridized carbons (Fsp3) is 0.364. The molecule has 0 unspecified atom stereocenters. The van der Waals surface area contributed by atoms with Crippen LogP contribution in [0.4, 0.5) is 11.4 Å². The number of hydrogen-bond donors (Lipinski definition) is 2. The van der Waals surface area contributed by atoms with Gasteiger partial charge in [0.2, 0.25) is 11.8 Å². The number of nitrogens with one attached hydrogen (secondary N) is 2. The third kappa shape index (κ3) is 6.22. The minimum Gasteiger partial charge on any atom is -0.325 e. The van der Waals surface area contributed by atoms with Gasteiger partial charge in [-0.25, -0.2) is 0 Å². The third-order valence-corrected chi connectivity index (χ3v) is 4.39. The second kappa shape index (κ2) is 9.33. The zero-order valence-electron chi connectivity index (χ0n) is 16.8. The van der Waals surface area contributed by atoms with Gasteiger partial charge in [-0.15, -0.1) is 0 Å². The predicted molar refractivity (Wildman–Crippen MR) is 111 cm³/mol. The molecule has 0 aromatic heterocycles. The Balaban J connectivity index is 1.88. The molecule has 0 aliphatic rings. The smallest absolute Gasteiger partial charge is 0.238 e. The summed E-state index contributed by atoms with van der Waals surface area (Å²) in [5.74, 6) is -0.269. The van der Waals surface area contributed by atoms with Crippen LogP contribution in [0.2, 0.25) is 0 Å². The molecule has 0 heterocycles. The molecule has 0 fully saturated rings. The molecule has 0 atom stereocenters. The number of anilines is 2. The molecule has 0 saturated carbocycles. The first-order chi connectivity index (χ1) is 12.8. The van der Waals surface area contributed by atoms with Crippen LogP contribution in [0, 0.1) is 20.8 Å². The second-order valence-corrected chi connectivity index (χ2v) is 7.10. The van der Waals surface area contributed by atoms with E-state index in [-0.39, 0.29) is 24.9 Å². The number of carbonyl (C=O) groups is 2. The van der Waals surface area contributed by atoms with Crippen LogP contribution in [0.3, 0.4) is 0 Å². The van der Waals surface area contributed by atoms with Crippen molar-refractivity contribution in [2.24, 2.45) is 0 Å². The van der Waals surface area contributed by atoms with Crippen molar-refractivity contribution >= 4 is 23.2 Å². The number of hydrogen-bond acceptors (Lipinski definition) is 3. The van der Waals surface area contributed by atoms with Gasteiger partial charge in [0, 0.05) is 11.4 Å². The summed E-state index contributed by atoms with van der Waals surface area (Å²) in [5.41, 5.74) is 6.05.